The highest BCUT2D eigenvalue weighted by Gasteiger charge is 2.28. The van der Waals surface area contributed by atoms with Crippen LogP contribution in [0.3, 0.4) is 0 Å². The van der Waals surface area contributed by atoms with Crippen molar-refractivity contribution in [2.75, 3.05) is 19.0 Å². The van der Waals surface area contributed by atoms with Crippen LogP contribution < -0.4 is 10.1 Å². The summed E-state index contributed by atoms with van der Waals surface area (Å²) in [6, 6.07) is 21.0. The Balaban J connectivity index is 1.51. The molecule has 1 aliphatic rings. The summed E-state index contributed by atoms with van der Waals surface area (Å²) in [6.07, 6.45) is 0.689. The summed E-state index contributed by atoms with van der Waals surface area (Å²) in [6.45, 7) is 0.796. The molecule has 0 saturated carbocycles. The number of hydrogen-bond acceptors (Lipinski definition) is 4. The first-order chi connectivity index (χ1) is 14.5. The van der Waals surface area contributed by atoms with Crippen molar-refractivity contribution in [1.29, 1.82) is 0 Å². The quantitative estimate of drug-likeness (QED) is 0.680. The number of carbonyl (C=O) groups is 1. The molecule has 0 radical (unpaired) electrons. The second kappa shape index (κ2) is 8.30. The first kappa shape index (κ1) is 20.1. The van der Waals surface area contributed by atoms with E-state index in [9.17, 15) is 13.2 Å². The van der Waals surface area contributed by atoms with Gasteiger partial charge in [0, 0.05) is 18.7 Å². The van der Waals surface area contributed by atoms with Gasteiger partial charge in [0.1, 0.15) is 5.75 Å². The van der Waals surface area contributed by atoms with Crippen LogP contribution in [0, 0.1) is 0 Å². The highest BCUT2D eigenvalue weighted by molar-refractivity contribution is 7.89. The van der Waals surface area contributed by atoms with E-state index >= 15 is 0 Å². The molecule has 0 saturated heterocycles. The molecule has 0 unspecified atom stereocenters. The summed E-state index contributed by atoms with van der Waals surface area (Å²) in [5.74, 6) is 0.214. The van der Waals surface area contributed by atoms with Crippen molar-refractivity contribution in [3.05, 3.63) is 89.5 Å². The topological polar surface area (TPSA) is 75.7 Å². The molecule has 4 rings (SSSR count). The molecule has 7 heteroatoms. The smallest absolute Gasteiger partial charge is 0.255 e. The summed E-state index contributed by atoms with van der Waals surface area (Å²) >= 11 is 0. The molecular formula is C23H22N2O4S. The molecular weight excluding hydrogens is 400 g/mol. The van der Waals surface area contributed by atoms with Crippen LogP contribution in [0.25, 0.3) is 0 Å². The maximum absolute atomic E-state index is 13.1. The number of anilines is 1. The SMILES string of the molecule is COc1ccccc1NC(=O)c1ccc(S(=O)(=O)N2CCc3ccccc3C2)cc1. The van der Waals surface area contributed by atoms with E-state index < -0.39 is 10.0 Å². The van der Waals surface area contributed by atoms with Crippen LogP contribution in [0.1, 0.15) is 21.5 Å². The van der Waals surface area contributed by atoms with Gasteiger partial charge in [-0.1, -0.05) is 36.4 Å². The van der Waals surface area contributed by atoms with Crippen LogP contribution in [-0.4, -0.2) is 32.3 Å². The highest BCUT2D eigenvalue weighted by atomic mass is 32.2. The number of carbonyl (C=O) groups excluding carboxylic acids is 1. The summed E-state index contributed by atoms with van der Waals surface area (Å²) in [5, 5.41) is 2.79. The predicted molar refractivity (Wildman–Crippen MR) is 115 cm³/mol. The van der Waals surface area contributed by atoms with Gasteiger partial charge in [-0.2, -0.15) is 4.31 Å². The second-order valence-corrected chi connectivity index (χ2v) is 8.97. The fourth-order valence-electron chi connectivity index (χ4n) is 3.54. The largest absolute Gasteiger partial charge is 0.495 e. The van der Waals surface area contributed by atoms with Crippen molar-refractivity contribution < 1.29 is 17.9 Å². The lowest BCUT2D eigenvalue weighted by Gasteiger charge is -2.28. The fourth-order valence-corrected chi connectivity index (χ4v) is 4.96. The Labute approximate surface area is 176 Å². The molecule has 1 amide bonds. The Morgan fingerprint density at radius 1 is 0.933 bits per heavy atom. The lowest BCUT2D eigenvalue weighted by molar-refractivity contribution is 0.102. The maximum Gasteiger partial charge on any atom is 0.255 e. The molecule has 0 aromatic heterocycles. The minimum absolute atomic E-state index is 0.177. The first-order valence-electron chi connectivity index (χ1n) is 9.60. The zero-order chi connectivity index (χ0) is 21.1. The number of hydrogen-bond donors (Lipinski definition) is 1. The Morgan fingerprint density at radius 2 is 1.60 bits per heavy atom. The molecule has 0 aliphatic carbocycles. The van der Waals surface area contributed by atoms with Crippen LogP contribution in [0.5, 0.6) is 5.75 Å². The molecule has 0 fully saturated rings. The Hall–Kier alpha value is -3.16. The van der Waals surface area contributed by atoms with Crippen molar-refractivity contribution >= 4 is 21.6 Å². The van der Waals surface area contributed by atoms with E-state index in [2.05, 4.69) is 5.32 Å². The molecule has 0 spiro atoms. The number of sulfonamides is 1. The van der Waals surface area contributed by atoms with E-state index in [-0.39, 0.29) is 10.8 Å². The minimum Gasteiger partial charge on any atom is -0.495 e. The van der Waals surface area contributed by atoms with Crippen LogP contribution >= 0.6 is 0 Å². The molecule has 6 nitrogen and oxygen atoms in total. The van der Waals surface area contributed by atoms with E-state index in [1.54, 1.807) is 18.2 Å². The van der Waals surface area contributed by atoms with Crippen LogP contribution in [0.4, 0.5) is 5.69 Å². The third kappa shape index (κ3) is 3.94. The number of nitrogens with one attached hydrogen (secondary N) is 1. The van der Waals surface area contributed by atoms with Crippen LogP contribution in [-0.2, 0) is 23.0 Å². The third-order valence-electron chi connectivity index (χ3n) is 5.21. The maximum atomic E-state index is 13.1. The summed E-state index contributed by atoms with van der Waals surface area (Å²) < 4.78 is 32.8. The predicted octanol–water partition coefficient (Wildman–Crippen LogP) is 3.69. The summed E-state index contributed by atoms with van der Waals surface area (Å²) in [4.78, 5) is 12.7. The number of fused-ring (bicyclic) bond motifs is 1. The number of benzene rings is 3. The van der Waals surface area contributed by atoms with E-state index in [0.29, 0.717) is 36.5 Å². The molecule has 30 heavy (non-hydrogen) atoms. The number of nitrogens with zero attached hydrogens (tertiary/aromatic N) is 1. The standard InChI is InChI=1S/C23H22N2O4S/c1-29-22-9-5-4-8-21(22)24-23(26)18-10-12-20(13-11-18)30(27,28)25-15-14-17-6-2-3-7-19(17)16-25/h2-13H,14-16H2,1H3,(H,24,26). The molecule has 1 N–H and O–H groups in total. The van der Waals surface area contributed by atoms with E-state index in [1.807, 2.05) is 30.3 Å². The Kier molecular flexibility index (Phi) is 5.57. The lowest BCUT2D eigenvalue weighted by Crippen LogP contribution is -2.35. The zero-order valence-corrected chi connectivity index (χ0v) is 17.4. The molecule has 3 aromatic rings. The van der Waals surface area contributed by atoms with E-state index in [0.717, 1.165) is 5.56 Å². The van der Waals surface area contributed by atoms with Gasteiger partial charge in [0.05, 0.1) is 17.7 Å². The van der Waals surface area contributed by atoms with Gasteiger partial charge in [-0.25, -0.2) is 8.42 Å². The second-order valence-electron chi connectivity index (χ2n) is 7.04. The Morgan fingerprint density at radius 3 is 2.33 bits per heavy atom. The molecule has 1 aliphatic heterocycles. The normalized spacial score (nSPS) is 14.0. The molecule has 0 atom stereocenters. The molecule has 3 aromatic carbocycles. The monoisotopic (exact) mass is 422 g/mol. The van der Waals surface area contributed by atoms with Gasteiger partial charge in [-0.15, -0.1) is 0 Å². The molecule has 154 valence electrons. The zero-order valence-electron chi connectivity index (χ0n) is 16.5. The van der Waals surface area contributed by atoms with Crippen molar-refractivity contribution in [3.8, 4) is 5.75 Å². The van der Waals surface area contributed by atoms with Crippen molar-refractivity contribution in [2.45, 2.75) is 17.9 Å². The molecule has 1 heterocycles. The number of para-hydroxylation sites is 2. The van der Waals surface area contributed by atoms with Crippen molar-refractivity contribution in [2.24, 2.45) is 0 Å². The van der Waals surface area contributed by atoms with Gasteiger partial charge in [-0.3, -0.25) is 4.79 Å². The number of amides is 1. The van der Waals surface area contributed by atoms with E-state index in [1.165, 1.54) is 41.2 Å². The van der Waals surface area contributed by atoms with Crippen molar-refractivity contribution in [3.63, 3.8) is 0 Å². The minimum atomic E-state index is -3.64. The third-order valence-corrected chi connectivity index (χ3v) is 7.06. The van der Waals surface area contributed by atoms with Gasteiger partial charge < -0.3 is 10.1 Å². The number of methoxy groups -OCH3 is 1. The Bertz CT molecular complexity index is 1170. The first-order valence-corrected chi connectivity index (χ1v) is 11.0. The van der Waals surface area contributed by atoms with Gasteiger partial charge in [0.25, 0.3) is 5.91 Å². The number of rotatable bonds is 5. The summed E-state index contributed by atoms with van der Waals surface area (Å²) in [7, 11) is -2.10. The molecule has 0 bridgehead atoms. The summed E-state index contributed by atoms with van der Waals surface area (Å²) in [5.41, 5.74) is 3.13. The van der Waals surface area contributed by atoms with Gasteiger partial charge in [-0.05, 0) is 53.9 Å². The average Bonchev–Trinajstić information content (AvgIpc) is 2.79. The fraction of sp³-hybridized carbons (Fsp3) is 0.174. The van der Waals surface area contributed by atoms with Gasteiger partial charge >= 0.3 is 0 Å². The van der Waals surface area contributed by atoms with Crippen LogP contribution in [0.2, 0.25) is 0 Å². The highest BCUT2D eigenvalue weighted by Crippen LogP contribution is 2.26. The van der Waals surface area contributed by atoms with Gasteiger partial charge in [0.15, 0.2) is 0 Å². The number of ether oxygens (including phenoxy) is 1. The average molecular weight is 423 g/mol. The van der Waals surface area contributed by atoms with Crippen LogP contribution in [0.15, 0.2) is 77.7 Å². The van der Waals surface area contributed by atoms with Gasteiger partial charge in [0.2, 0.25) is 10.0 Å². The lowest BCUT2D eigenvalue weighted by atomic mass is 10.0. The van der Waals surface area contributed by atoms with E-state index in [4.69, 9.17) is 4.74 Å². The van der Waals surface area contributed by atoms with Crippen molar-refractivity contribution in [1.82, 2.24) is 4.31 Å².